The van der Waals surface area contributed by atoms with Crippen molar-refractivity contribution in [1.82, 2.24) is 9.78 Å². The molecule has 6 heteroatoms. The van der Waals surface area contributed by atoms with E-state index < -0.39 is 0 Å². The van der Waals surface area contributed by atoms with Crippen LogP contribution in [0.15, 0.2) is 40.1 Å². The Hall–Kier alpha value is -3.28. The second-order valence-electron chi connectivity index (χ2n) is 10.4. The minimum atomic E-state index is -0.357. The van der Waals surface area contributed by atoms with E-state index in [1.165, 1.54) is 10.9 Å². The van der Waals surface area contributed by atoms with Gasteiger partial charge in [0.1, 0.15) is 17.2 Å². The Morgan fingerprint density at radius 3 is 1.88 bits per heavy atom. The first-order chi connectivity index (χ1) is 14.7. The summed E-state index contributed by atoms with van der Waals surface area (Å²) < 4.78 is 1.46. The van der Waals surface area contributed by atoms with Crippen molar-refractivity contribution in [3.8, 4) is 17.2 Å². The van der Waals surface area contributed by atoms with Gasteiger partial charge in [0.15, 0.2) is 0 Å². The predicted molar refractivity (Wildman–Crippen MR) is 130 cm³/mol. The monoisotopic (exact) mass is 435 g/mol. The van der Waals surface area contributed by atoms with Crippen LogP contribution in [0.2, 0.25) is 0 Å². The zero-order valence-electron chi connectivity index (χ0n) is 20.2. The van der Waals surface area contributed by atoms with Gasteiger partial charge in [-0.1, -0.05) is 59.2 Å². The number of aliphatic imine (C=N–C) groups is 1. The third-order valence-electron chi connectivity index (χ3n) is 5.60. The molecule has 0 spiro atoms. The summed E-state index contributed by atoms with van der Waals surface area (Å²) in [5, 5.41) is 25.0. The van der Waals surface area contributed by atoms with Crippen LogP contribution in [0.4, 0.5) is 5.69 Å². The molecular formula is C26H33N3O3. The number of aromatic hydroxyl groups is 2. The van der Waals surface area contributed by atoms with Gasteiger partial charge in [0.25, 0.3) is 5.56 Å². The van der Waals surface area contributed by atoms with E-state index in [2.05, 4.69) is 10.1 Å². The van der Waals surface area contributed by atoms with Crippen LogP contribution in [0.1, 0.15) is 69.5 Å². The summed E-state index contributed by atoms with van der Waals surface area (Å²) in [4.78, 5) is 17.4. The van der Waals surface area contributed by atoms with Crippen molar-refractivity contribution in [3.63, 3.8) is 0 Å². The molecule has 3 rings (SSSR count). The van der Waals surface area contributed by atoms with Gasteiger partial charge in [-0.05, 0) is 42.9 Å². The van der Waals surface area contributed by atoms with Gasteiger partial charge in [-0.3, -0.25) is 9.89 Å². The van der Waals surface area contributed by atoms with Gasteiger partial charge >= 0.3 is 0 Å². The Labute approximate surface area is 189 Å². The molecule has 32 heavy (non-hydrogen) atoms. The van der Waals surface area contributed by atoms with Crippen LogP contribution >= 0.6 is 0 Å². The summed E-state index contributed by atoms with van der Waals surface area (Å²) in [6.45, 7) is 15.8. The van der Waals surface area contributed by atoms with Crippen LogP contribution < -0.4 is 5.56 Å². The van der Waals surface area contributed by atoms with E-state index in [9.17, 15) is 15.0 Å². The van der Waals surface area contributed by atoms with Crippen molar-refractivity contribution in [2.24, 2.45) is 4.99 Å². The van der Waals surface area contributed by atoms with Gasteiger partial charge in [0, 0.05) is 23.0 Å². The smallest absolute Gasteiger partial charge is 0.280 e. The number of benzene rings is 2. The van der Waals surface area contributed by atoms with Gasteiger partial charge in [0.05, 0.1) is 11.3 Å². The molecule has 0 aliphatic rings. The zero-order valence-corrected chi connectivity index (χ0v) is 20.2. The van der Waals surface area contributed by atoms with Crippen molar-refractivity contribution in [2.45, 2.75) is 66.2 Å². The molecule has 6 nitrogen and oxygen atoms in total. The number of nitrogens with one attached hydrogen (secondary N) is 1. The average Bonchev–Trinajstić information content (AvgIpc) is 2.94. The number of hydrogen-bond donors (Lipinski definition) is 3. The molecule has 0 unspecified atom stereocenters. The molecule has 170 valence electrons. The van der Waals surface area contributed by atoms with Crippen LogP contribution in [0, 0.1) is 13.8 Å². The van der Waals surface area contributed by atoms with Crippen LogP contribution in [0.5, 0.6) is 11.5 Å². The minimum Gasteiger partial charge on any atom is -0.505 e. The normalized spacial score (nSPS) is 12.6. The first kappa shape index (κ1) is 23.4. The summed E-state index contributed by atoms with van der Waals surface area (Å²) in [7, 11) is 0. The van der Waals surface area contributed by atoms with Gasteiger partial charge in [-0.2, -0.15) is 0 Å². The highest BCUT2D eigenvalue weighted by molar-refractivity contribution is 5.85. The lowest BCUT2D eigenvalue weighted by Gasteiger charge is -2.27. The molecule has 0 radical (unpaired) electrons. The van der Waals surface area contributed by atoms with Crippen LogP contribution in [0.3, 0.4) is 0 Å². The molecule has 0 aliphatic heterocycles. The van der Waals surface area contributed by atoms with E-state index in [1.807, 2.05) is 78.8 Å². The summed E-state index contributed by atoms with van der Waals surface area (Å²) >= 11 is 0. The van der Waals surface area contributed by atoms with E-state index >= 15 is 0 Å². The molecule has 0 saturated heterocycles. The second kappa shape index (κ2) is 8.01. The van der Waals surface area contributed by atoms with Gasteiger partial charge in [0.2, 0.25) is 0 Å². The number of H-pyrrole nitrogens is 1. The first-order valence-corrected chi connectivity index (χ1v) is 10.7. The molecule has 0 aliphatic carbocycles. The third kappa shape index (κ3) is 4.35. The van der Waals surface area contributed by atoms with Crippen molar-refractivity contribution in [3.05, 3.63) is 68.6 Å². The summed E-state index contributed by atoms with van der Waals surface area (Å²) in [5.41, 5.74) is 3.31. The van der Waals surface area contributed by atoms with E-state index in [1.54, 1.807) is 6.92 Å². The number of aromatic amines is 1. The van der Waals surface area contributed by atoms with Crippen molar-refractivity contribution in [2.75, 3.05) is 0 Å². The van der Waals surface area contributed by atoms with E-state index in [0.717, 1.165) is 11.3 Å². The fourth-order valence-electron chi connectivity index (χ4n) is 3.63. The molecule has 3 N–H and O–H groups in total. The third-order valence-corrected chi connectivity index (χ3v) is 5.60. The summed E-state index contributed by atoms with van der Waals surface area (Å²) in [6, 6.07) is 9.46. The first-order valence-electron chi connectivity index (χ1n) is 10.7. The molecule has 0 atom stereocenters. The number of rotatable bonds is 3. The Bertz CT molecular complexity index is 1190. The molecule has 0 saturated carbocycles. The number of aromatic nitrogens is 2. The molecule has 2 aromatic carbocycles. The average molecular weight is 436 g/mol. The topological polar surface area (TPSA) is 90.6 Å². The number of phenols is 2. The standard InChI is InChI=1S/C26H33N3O3/c1-15-9-11-17(12-10-15)29-24(32)18(16(2)28-29)14-27-21-22(30)19(25(3,4)5)13-20(23(21)31)26(6,7)8/h9-14,28,30-31H,1-8H3. The highest BCUT2D eigenvalue weighted by Gasteiger charge is 2.29. The molecule has 3 aromatic rings. The Balaban J connectivity index is 2.16. The maximum absolute atomic E-state index is 13.0. The molecule has 0 bridgehead atoms. The Morgan fingerprint density at radius 2 is 1.41 bits per heavy atom. The van der Waals surface area contributed by atoms with Gasteiger partial charge < -0.3 is 10.2 Å². The number of nitrogens with zero attached hydrogens (tertiary/aromatic N) is 2. The van der Waals surface area contributed by atoms with Gasteiger partial charge in [-0.15, -0.1) is 0 Å². The molecular weight excluding hydrogens is 402 g/mol. The molecule has 1 heterocycles. The predicted octanol–water partition coefficient (Wildman–Crippen LogP) is 5.54. The van der Waals surface area contributed by atoms with Crippen LogP contribution in [-0.4, -0.2) is 26.2 Å². The zero-order chi connectivity index (χ0) is 24.0. The van der Waals surface area contributed by atoms with E-state index in [-0.39, 0.29) is 33.6 Å². The maximum atomic E-state index is 13.0. The van der Waals surface area contributed by atoms with Crippen molar-refractivity contribution < 1.29 is 10.2 Å². The SMILES string of the molecule is Cc1ccc(-n2[nH]c(C)c(C=Nc3c(O)c(C(C)(C)C)cc(C(C)(C)C)c3O)c2=O)cc1. The number of hydrogen-bond acceptors (Lipinski definition) is 4. The van der Waals surface area contributed by atoms with Crippen LogP contribution in [-0.2, 0) is 10.8 Å². The lowest BCUT2D eigenvalue weighted by molar-refractivity contribution is 0.420. The summed E-state index contributed by atoms with van der Waals surface area (Å²) in [5.74, 6) is -0.155. The fourth-order valence-corrected chi connectivity index (χ4v) is 3.63. The molecule has 0 fully saturated rings. The number of phenolic OH excluding ortho intramolecular Hbond substituents is 2. The lowest BCUT2D eigenvalue weighted by Crippen LogP contribution is -2.17. The minimum absolute atomic E-state index is 0.0734. The summed E-state index contributed by atoms with van der Waals surface area (Å²) in [6.07, 6.45) is 1.41. The van der Waals surface area contributed by atoms with Crippen LogP contribution in [0.25, 0.3) is 5.69 Å². The van der Waals surface area contributed by atoms with Gasteiger partial charge in [-0.25, -0.2) is 9.67 Å². The maximum Gasteiger partial charge on any atom is 0.280 e. The van der Waals surface area contributed by atoms with E-state index in [4.69, 9.17) is 0 Å². The second-order valence-corrected chi connectivity index (χ2v) is 10.4. The quantitative estimate of drug-likeness (QED) is 0.472. The highest BCUT2D eigenvalue weighted by atomic mass is 16.3. The molecule has 0 amide bonds. The fraction of sp³-hybridized carbons (Fsp3) is 0.385. The highest BCUT2D eigenvalue weighted by Crippen LogP contribution is 2.48. The van der Waals surface area contributed by atoms with E-state index in [0.29, 0.717) is 22.4 Å². The van der Waals surface area contributed by atoms with Crippen molar-refractivity contribution in [1.29, 1.82) is 0 Å². The Kier molecular flexibility index (Phi) is 5.85. The van der Waals surface area contributed by atoms with Crippen molar-refractivity contribution >= 4 is 11.9 Å². The Morgan fingerprint density at radius 1 is 0.906 bits per heavy atom. The largest absolute Gasteiger partial charge is 0.505 e. The lowest BCUT2D eigenvalue weighted by atomic mass is 9.79. The molecule has 1 aromatic heterocycles. The number of aryl methyl sites for hydroxylation is 2.